The Bertz CT molecular complexity index is 2150. The summed E-state index contributed by atoms with van der Waals surface area (Å²) in [6.07, 6.45) is 8.74. The standard InChI is InChI=1S/C42H30N4/c43-41-35-25-31(45-37-13-5-1-9-27(37)17-18-28-10-2-6-14-38(28)45)21-23-33(35)34-24-22-32(26-36(34)42(41)44)46-39-15-7-3-11-29(39)19-20-30-12-4-8-16-40(30)46/h1-26H,43-44H2. The molecule has 46 heavy (non-hydrogen) atoms. The van der Waals surface area contributed by atoms with Gasteiger partial charge in [0.05, 0.1) is 34.1 Å². The molecule has 2 aliphatic rings. The maximum Gasteiger partial charge on any atom is 0.0634 e. The first-order valence-electron chi connectivity index (χ1n) is 15.5. The molecule has 0 radical (unpaired) electrons. The molecule has 7 aromatic rings. The second-order valence-corrected chi connectivity index (χ2v) is 11.9. The topological polar surface area (TPSA) is 58.5 Å². The van der Waals surface area contributed by atoms with E-state index >= 15 is 0 Å². The molecule has 4 heteroatoms. The fourth-order valence-corrected chi connectivity index (χ4v) is 7.05. The van der Waals surface area contributed by atoms with Crippen LogP contribution in [0.4, 0.5) is 45.5 Å². The Morgan fingerprint density at radius 3 is 0.957 bits per heavy atom. The molecule has 0 unspecified atom stereocenters. The number of para-hydroxylation sites is 4. The monoisotopic (exact) mass is 590 g/mol. The zero-order chi connectivity index (χ0) is 30.8. The Balaban J connectivity index is 1.23. The molecule has 4 N–H and O–H groups in total. The van der Waals surface area contributed by atoms with E-state index in [0.29, 0.717) is 11.4 Å². The Hall–Kier alpha value is -6.26. The molecule has 0 saturated heterocycles. The molecule has 218 valence electrons. The van der Waals surface area contributed by atoms with Gasteiger partial charge in [-0.15, -0.1) is 0 Å². The highest BCUT2D eigenvalue weighted by molar-refractivity contribution is 6.20. The van der Waals surface area contributed by atoms with Crippen molar-refractivity contribution in [3.05, 3.63) is 156 Å². The van der Waals surface area contributed by atoms with Gasteiger partial charge < -0.3 is 21.3 Å². The third-order valence-electron chi connectivity index (χ3n) is 9.28. The Kier molecular flexibility index (Phi) is 5.77. The molecular weight excluding hydrogens is 560 g/mol. The van der Waals surface area contributed by atoms with Gasteiger partial charge in [0.15, 0.2) is 0 Å². The summed E-state index contributed by atoms with van der Waals surface area (Å²) in [5.74, 6) is 0. The second-order valence-electron chi connectivity index (χ2n) is 11.9. The van der Waals surface area contributed by atoms with Crippen molar-refractivity contribution >= 4 is 91.3 Å². The van der Waals surface area contributed by atoms with Crippen LogP contribution in [0.2, 0.25) is 0 Å². The zero-order valence-corrected chi connectivity index (χ0v) is 25.1. The SMILES string of the molecule is Nc1c(N)c2cc(N3c4ccccc4C=Cc4ccccc43)ccc2c2ccc(N3c4ccccc4C=Cc4ccccc43)cc12. The van der Waals surface area contributed by atoms with Crippen molar-refractivity contribution in [3.8, 4) is 0 Å². The van der Waals surface area contributed by atoms with Crippen LogP contribution in [0.3, 0.4) is 0 Å². The van der Waals surface area contributed by atoms with Crippen LogP contribution in [0.1, 0.15) is 22.3 Å². The summed E-state index contributed by atoms with van der Waals surface area (Å²) >= 11 is 0. The minimum absolute atomic E-state index is 0.592. The largest absolute Gasteiger partial charge is 0.397 e. The van der Waals surface area contributed by atoms with Crippen molar-refractivity contribution in [1.29, 1.82) is 0 Å². The van der Waals surface area contributed by atoms with Crippen LogP contribution in [-0.4, -0.2) is 0 Å². The number of fused-ring (bicyclic) bond motifs is 7. The number of hydrogen-bond acceptors (Lipinski definition) is 4. The lowest BCUT2D eigenvalue weighted by Crippen LogP contribution is -2.12. The van der Waals surface area contributed by atoms with Crippen molar-refractivity contribution in [2.45, 2.75) is 0 Å². The van der Waals surface area contributed by atoms with Gasteiger partial charge >= 0.3 is 0 Å². The number of hydrogen-bond donors (Lipinski definition) is 2. The van der Waals surface area contributed by atoms with Crippen LogP contribution >= 0.6 is 0 Å². The number of nitrogen functional groups attached to an aromatic ring is 2. The van der Waals surface area contributed by atoms with E-state index in [1.807, 2.05) is 0 Å². The summed E-state index contributed by atoms with van der Waals surface area (Å²) in [6, 6.07) is 47.1. The van der Waals surface area contributed by atoms with E-state index in [1.54, 1.807) is 0 Å². The third-order valence-corrected chi connectivity index (χ3v) is 9.28. The van der Waals surface area contributed by atoms with Crippen LogP contribution in [0.25, 0.3) is 45.8 Å². The van der Waals surface area contributed by atoms with Gasteiger partial charge in [0.1, 0.15) is 0 Å². The van der Waals surface area contributed by atoms with Crippen molar-refractivity contribution in [1.82, 2.24) is 0 Å². The van der Waals surface area contributed by atoms with E-state index in [4.69, 9.17) is 11.5 Å². The summed E-state index contributed by atoms with van der Waals surface area (Å²) in [5.41, 5.74) is 26.2. The van der Waals surface area contributed by atoms with Gasteiger partial charge in [-0.05, 0) is 81.6 Å². The average Bonchev–Trinajstić information content (AvgIpc) is 3.38. The minimum Gasteiger partial charge on any atom is -0.397 e. The Morgan fingerprint density at radius 1 is 0.326 bits per heavy atom. The second kappa shape index (κ2) is 10.1. The first-order valence-corrected chi connectivity index (χ1v) is 15.5. The molecule has 0 amide bonds. The number of anilines is 8. The van der Waals surface area contributed by atoms with Gasteiger partial charge in [-0.1, -0.05) is 109 Å². The van der Waals surface area contributed by atoms with Crippen LogP contribution in [-0.2, 0) is 0 Å². The number of rotatable bonds is 2. The molecule has 0 saturated carbocycles. The van der Waals surface area contributed by atoms with Crippen molar-refractivity contribution in [2.24, 2.45) is 0 Å². The van der Waals surface area contributed by atoms with Gasteiger partial charge in [-0.3, -0.25) is 0 Å². The molecule has 4 nitrogen and oxygen atoms in total. The van der Waals surface area contributed by atoms with E-state index < -0.39 is 0 Å². The minimum atomic E-state index is 0.592. The molecule has 0 spiro atoms. The average molecular weight is 591 g/mol. The molecule has 7 aromatic carbocycles. The fraction of sp³-hybridized carbons (Fsp3) is 0. The van der Waals surface area contributed by atoms with Crippen molar-refractivity contribution in [2.75, 3.05) is 21.3 Å². The Morgan fingerprint density at radius 2 is 0.630 bits per heavy atom. The first-order chi connectivity index (χ1) is 22.7. The zero-order valence-electron chi connectivity index (χ0n) is 25.1. The summed E-state index contributed by atoms with van der Waals surface area (Å²) in [7, 11) is 0. The maximum absolute atomic E-state index is 6.93. The smallest absolute Gasteiger partial charge is 0.0634 e. The first kappa shape index (κ1) is 26.2. The number of benzene rings is 7. The summed E-state index contributed by atoms with van der Waals surface area (Å²) in [4.78, 5) is 4.63. The highest BCUT2D eigenvalue weighted by Gasteiger charge is 2.23. The molecular formula is C42H30N4. The highest BCUT2D eigenvalue weighted by atomic mass is 15.2. The predicted molar refractivity (Wildman–Crippen MR) is 198 cm³/mol. The predicted octanol–water partition coefficient (Wildman–Crippen LogP) is 11.1. The quantitative estimate of drug-likeness (QED) is 0.119. The van der Waals surface area contributed by atoms with Gasteiger partial charge in [0.25, 0.3) is 0 Å². The highest BCUT2D eigenvalue weighted by Crippen LogP contribution is 2.47. The van der Waals surface area contributed by atoms with E-state index in [9.17, 15) is 0 Å². The van der Waals surface area contributed by atoms with Crippen LogP contribution in [0, 0.1) is 0 Å². The normalized spacial score (nSPS) is 13.1. The number of nitrogens with zero attached hydrogens (tertiary/aromatic N) is 2. The molecule has 0 aliphatic carbocycles. The van der Waals surface area contributed by atoms with E-state index in [0.717, 1.165) is 77.9 Å². The van der Waals surface area contributed by atoms with Gasteiger partial charge in [0.2, 0.25) is 0 Å². The Labute approximate surface area is 267 Å². The van der Waals surface area contributed by atoms with Crippen molar-refractivity contribution < 1.29 is 0 Å². The van der Waals surface area contributed by atoms with Gasteiger partial charge in [-0.2, -0.15) is 0 Å². The lowest BCUT2D eigenvalue weighted by molar-refractivity contribution is 1.28. The van der Waals surface area contributed by atoms with Crippen LogP contribution in [0.5, 0.6) is 0 Å². The number of nitrogens with two attached hydrogens (primary N) is 2. The molecule has 0 bridgehead atoms. The molecule has 0 atom stereocenters. The van der Waals surface area contributed by atoms with Crippen molar-refractivity contribution in [3.63, 3.8) is 0 Å². The van der Waals surface area contributed by atoms with E-state index in [-0.39, 0.29) is 0 Å². The molecule has 0 fully saturated rings. The third kappa shape index (κ3) is 3.94. The lowest BCUT2D eigenvalue weighted by Gasteiger charge is -2.28. The summed E-state index contributed by atoms with van der Waals surface area (Å²) < 4.78 is 0. The molecule has 2 heterocycles. The van der Waals surface area contributed by atoms with Gasteiger partial charge in [-0.25, -0.2) is 0 Å². The van der Waals surface area contributed by atoms with E-state index in [1.165, 1.54) is 0 Å². The fourth-order valence-electron chi connectivity index (χ4n) is 7.05. The summed E-state index contributed by atoms with van der Waals surface area (Å²) in [5, 5.41) is 4.03. The molecule has 2 aliphatic heterocycles. The molecule has 0 aromatic heterocycles. The lowest BCUT2D eigenvalue weighted by atomic mass is 9.96. The van der Waals surface area contributed by atoms with Gasteiger partial charge in [0, 0.05) is 22.1 Å². The maximum atomic E-state index is 6.93. The van der Waals surface area contributed by atoms with E-state index in [2.05, 4.69) is 168 Å². The summed E-state index contributed by atoms with van der Waals surface area (Å²) in [6.45, 7) is 0. The van der Waals surface area contributed by atoms with Crippen LogP contribution in [0.15, 0.2) is 133 Å². The van der Waals surface area contributed by atoms with Crippen LogP contribution < -0.4 is 21.3 Å². The molecule has 9 rings (SSSR count).